The molecule has 100 valence electrons. The van der Waals surface area contributed by atoms with Gasteiger partial charge in [0.25, 0.3) is 0 Å². The Morgan fingerprint density at radius 1 is 1.39 bits per heavy atom. The van der Waals surface area contributed by atoms with Crippen LogP contribution < -0.4 is 22.3 Å². The molecule has 0 aliphatic rings. The molecule has 0 saturated carbocycles. The van der Waals surface area contributed by atoms with Crippen LogP contribution in [0.3, 0.4) is 0 Å². The van der Waals surface area contributed by atoms with E-state index in [1.165, 1.54) is 0 Å². The third kappa shape index (κ3) is 3.56. The minimum absolute atomic E-state index is 0.458. The summed E-state index contributed by atoms with van der Waals surface area (Å²) in [5.74, 6) is 6.57. The average molecular weight is 252 g/mol. The number of hydrazine groups is 1. The zero-order valence-corrected chi connectivity index (χ0v) is 10.9. The lowest BCUT2D eigenvalue weighted by molar-refractivity contribution is -0.121. The number of nitrogen functional groups attached to an aromatic ring is 1. The number of anilines is 2. The number of nitrogens with one attached hydrogen (secondary N) is 2. The Morgan fingerprint density at radius 2 is 2.00 bits per heavy atom. The van der Waals surface area contributed by atoms with Crippen molar-refractivity contribution >= 4 is 17.5 Å². The van der Waals surface area contributed by atoms with E-state index in [-0.39, 0.29) is 0 Å². The Labute approximate surface area is 106 Å². The molecule has 0 radical (unpaired) electrons. The largest absolute Gasteiger partial charge is 0.368 e. The summed E-state index contributed by atoms with van der Waals surface area (Å²) in [6.07, 6.45) is 1.66. The fourth-order valence-electron chi connectivity index (χ4n) is 1.35. The number of hydrogen-bond donors (Lipinski definition) is 4. The first-order valence-corrected chi connectivity index (χ1v) is 5.81. The second-order valence-corrected chi connectivity index (χ2v) is 4.56. The highest BCUT2D eigenvalue weighted by atomic mass is 16.1. The monoisotopic (exact) mass is 252 g/mol. The number of hydrogen-bond acceptors (Lipinski definition) is 6. The van der Waals surface area contributed by atoms with Crippen LogP contribution in [0.2, 0.25) is 0 Å². The van der Waals surface area contributed by atoms with Gasteiger partial charge in [-0.05, 0) is 20.3 Å². The zero-order valence-electron chi connectivity index (χ0n) is 10.9. The number of aromatic nitrogens is 2. The standard InChI is InChI=1S/C11H20N6O/c1-4-5-7-14-8(6-9(15-7)17-13)16-11(2,3)10(12)18/h6H,4-5,13H2,1-3H3,(H2,12,18)(H2,14,15,16,17). The number of rotatable bonds is 6. The maximum Gasteiger partial charge on any atom is 0.242 e. The SMILES string of the molecule is CCCc1nc(NN)cc(NC(C)(C)C(N)=O)n1. The summed E-state index contributed by atoms with van der Waals surface area (Å²) in [6.45, 7) is 5.41. The molecule has 0 atom stereocenters. The van der Waals surface area contributed by atoms with Gasteiger partial charge in [-0.3, -0.25) is 4.79 Å². The topological polar surface area (TPSA) is 119 Å². The summed E-state index contributed by atoms with van der Waals surface area (Å²) in [7, 11) is 0. The molecule has 0 aromatic carbocycles. The molecule has 0 spiro atoms. The number of primary amides is 1. The van der Waals surface area contributed by atoms with E-state index in [2.05, 4.69) is 20.7 Å². The third-order valence-electron chi connectivity index (χ3n) is 2.45. The van der Waals surface area contributed by atoms with Crippen LogP contribution in [0, 0.1) is 0 Å². The molecule has 1 aromatic rings. The molecule has 0 unspecified atom stereocenters. The Bertz CT molecular complexity index is 432. The smallest absolute Gasteiger partial charge is 0.242 e. The summed E-state index contributed by atoms with van der Waals surface area (Å²) in [5, 5.41) is 2.97. The van der Waals surface area contributed by atoms with Gasteiger partial charge >= 0.3 is 0 Å². The minimum Gasteiger partial charge on any atom is -0.368 e. The maximum atomic E-state index is 11.3. The fourth-order valence-corrected chi connectivity index (χ4v) is 1.35. The third-order valence-corrected chi connectivity index (χ3v) is 2.45. The van der Waals surface area contributed by atoms with Crippen molar-refractivity contribution in [1.29, 1.82) is 0 Å². The van der Waals surface area contributed by atoms with Gasteiger partial charge in [0.05, 0.1) is 0 Å². The maximum absolute atomic E-state index is 11.3. The number of carbonyl (C=O) groups is 1. The molecular formula is C11H20N6O. The van der Waals surface area contributed by atoms with Gasteiger partial charge in [0.1, 0.15) is 23.0 Å². The molecule has 1 heterocycles. The Balaban J connectivity index is 3.01. The van der Waals surface area contributed by atoms with Gasteiger partial charge < -0.3 is 16.5 Å². The Kier molecular flexibility index (Phi) is 4.43. The first kappa shape index (κ1) is 14.2. The van der Waals surface area contributed by atoms with Gasteiger partial charge in [0.2, 0.25) is 5.91 Å². The van der Waals surface area contributed by atoms with Crippen LogP contribution in [0.25, 0.3) is 0 Å². The predicted octanol–water partition coefficient (Wildman–Crippen LogP) is 0.391. The molecule has 0 saturated heterocycles. The number of carbonyl (C=O) groups excluding carboxylic acids is 1. The highest BCUT2D eigenvalue weighted by Gasteiger charge is 2.25. The average Bonchev–Trinajstić information content (AvgIpc) is 2.28. The van der Waals surface area contributed by atoms with E-state index in [1.54, 1.807) is 19.9 Å². The molecule has 7 heteroatoms. The summed E-state index contributed by atoms with van der Waals surface area (Å²) < 4.78 is 0. The summed E-state index contributed by atoms with van der Waals surface area (Å²) >= 11 is 0. The summed E-state index contributed by atoms with van der Waals surface area (Å²) in [6, 6.07) is 1.63. The van der Waals surface area contributed by atoms with E-state index >= 15 is 0 Å². The number of aryl methyl sites for hydroxylation is 1. The van der Waals surface area contributed by atoms with E-state index in [0.717, 1.165) is 12.8 Å². The molecule has 0 bridgehead atoms. The van der Waals surface area contributed by atoms with Crippen LogP contribution in [0.5, 0.6) is 0 Å². The van der Waals surface area contributed by atoms with Crippen LogP contribution in [0.15, 0.2) is 6.07 Å². The van der Waals surface area contributed by atoms with E-state index in [9.17, 15) is 4.79 Å². The predicted molar refractivity (Wildman–Crippen MR) is 70.7 cm³/mol. The number of nitrogens with zero attached hydrogens (tertiary/aromatic N) is 2. The molecule has 18 heavy (non-hydrogen) atoms. The van der Waals surface area contributed by atoms with Crippen molar-refractivity contribution in [3.05, 3.63) is 11.9 Å². The van der Waals surface area contributed by atoms with Crippen molar-refractivity contribution in [2.45, 2.75) is 39.2 Å². The Hall–Kier alpha value is -1.89. The van der Waals surface area contributed by atoms with E-state index in [1.807, 2.05) is 6.92 Å². The van der Waals surface area contributed by atoms with Crippen molar-refractivity contribution in [1.82, 2.24) is 9.97 Å². The first-order chi connectivity index (χ1) is 8.39. The van der Waals surface area contributed by atoms with Crippen LogP contribution in [-0.2, 0) is 11.2 Å². The fraction of sp³-hybridized carbons (Fsp3) is 0.545. The normalized spacial score (nSPS) is 11.1. The summed E-state index contributed by atoms with van der Waals surface area (Å²) in [4.78, 5) is 19.8. The summed E-state index contributed by atoms with van der Waals surface area (Å²) in [5.41, 5.74) is 6.89. The van der Waals surface area contributed by atoms with Crippen molar-refractivity contribution in [2.75, 3.05) is 10.7 Å². The van der Waals surface area contributed by atoms with Gasteiger partial charge in [0, 0.05) is 12.5 Å². The van der Waals surface area contributed by atoms with Gasteiger partial charge in [-0.1, -0.05) is 6.92 Å². The number of amides is 1. The van der Waals surface area contributed by atoms with Crippen LogP contribution in [-0.4, -0.2) is 21.4 Å². The van der Waals surface area contributed by atoms with Gasteiger partial charge in [-0.25, -0.2) is 15.8 Å². The van der Waals surface area contributed by atoms with Crippen LogP contribution in [0.4, 0.5) is 11.6 Å². The number of nitrogens with two attached hydrogens (primary N) is 2. The van der Waals surface area contributed by atoms with E-state index in [0.29, 0.717) is 17.5 Å². The van der Waals surface area contributed by atoms with Crippen molar-refractivity contribution in [2.24, 2.45) is 11.6 Å². The molecule has 6 N–H and O–H groups in total. The highest BCUT2D eigenvalue weighted by Crippen LogP contribution is 2.16. The van der Waals surface area contributed by atoms with Gasteiger partial charge in [-0.2, -0.15) is 0 Å². The van der Waals surface area contributed by atoms with Gasteiger partial charge in [-0.15, -0.1) is 0 Å². The van der Waals surface area contributed by atoms with Crippen molar-refractivity contribution in [3.63, 3.8) is 0 Å². The van der Waals surface area contributed by atoms with Crippen LogP contribution in [0.1, 0.15) is 33.0 Å². The lowest BCUT2D eigenvalue weighted by atomic mass is 10.1. The molecule has 0 aliphatic carbocycles. The molecule has 0 aliphatic heterocycles. The van der Waals surface area contributed by atoms with Crippen LogP contribution >= 0.6 is 0 Å². The van der Waals surface area contributed by atoms with Crippen molar-refractivity contribution in [3.8, 4) is 0 Å². The lowest BCUT2D eigenvalue weighted by Crippen LogP contribution is -2.45. The zero-order chi connectivity index (χ0) is 13.8. The Morgan fingerprint density at radius 3 is 2.50 bits per heavy atom. The van der Waals surface area contributed by atoms with Gasteiger partial charge in [0.15, 0.2) is 0 Å². The molecule has 1 rings (SSSR count). The van der Waals surface area contributed by atoms with Crippen molar-refractivity contribution < 1.29 is 4.79 Å². The molecular weight excluding hydrogens is 232 g/mol. The minimum atomic E-state index is -0.885. The van der Waals surface area contributed by atoms with E-state index in [4.69, 9.17) is 11.6 Å². The molecule has 0 fully saturated rings. The molecule has 1 amide bonds. The molecule has 7 nitrogen and oxygen atoms in total. The molecule has 1 aromatic heterocycles. The second kappa shape index (κ2) is 5.63. The highest BCUT2D eigenvalue weighted by molar-refractivity contribution is 5.86. The quantitative estimate of drug-likeness (QED) is 0.429. The van der Waals surface area contributed by atoms with E-state index < -0.39 is 11.4 Å². The lowest BCUT2D eigenvalue weighted by Gasteiger charge is -2.23. The second-order valence-electron chi connectivity index (χ2n) is 4.56. The first-order valence-electron chi connectivity index (χ1n) is 5.81.